The van der Waals surface area contributed by atoms with Gasteiger partial charge in [0.25, 0.3) is 5.91 Å². The number of hydrogen-bond acceptors (Lipinski definition) is 7. The molecule has 2 aliphatic rings. The number of likely N-dealkylation sites (tertiary alicyclic amines) is 1. The van der Waals surface area contributed by atoms with Crippen LogP contribution in [0.5, 0.6) is 0 Å². The smallest absolute Gasteiger partial charge is 0.256 e. The summed E-state index contributed by atoms with van der Waals surface area (Å²) in [5.74, 6) is 0.459. The zero-order valence-electron chi connectivity index (χ0n) is 14.6. The molecule has 1 spiro atoms. The van der Waals surface area contributed by atoms with Crippen LogP contribution in [0.25, 0.3) is 0 Å². The minimum Gasteiger partial charge on any atom is -0.392 e. The Hall–Kier alpha value is -1.77. The van der Waals surface area contributed by atoms with Crippen LogP contribution in [0.3, 0.4) is 0 Å². The highest BCUT2D eigenvalue weighted by atomic mass is 16.5. The van der Waals surface area contributed by atoms with Gasteiger partial charge in [-0.05, 0) is 19.8 Å². The van der Waals surface area contributed by atoms with Crippen LogP contribution in [0.15, 0.2) is 12.4 Å². The number of anilines is 1. The Balaban J connectivity index is 1.59. The largest absolute Gasteiger partial charge is 0.392 e. The van der Waals surface area contributed by atoms with Gasteiger partial charge in [0, 0.05) is 50.4 Å². The van der Waals surface area contributed by atoms with E-state index in [0.29, 0.717) is 44.2 Å². The lowest BCUT2D eigenvalue weighted by Crippen LogP contribution is -2.62. The lowest BCUT2D eigenvalue weighted by atomic mass is 9.58. The number of aliphatic hydroxyl groups is 1. The number of nitrogens with one attached hydrogen (secondary N) is 1. The van der Waals surface area contributed by atoms with Gasteiger partial charge in [0.2, 0.25) is 5.95 Å². The van der Waals surface area contributed by atoms with Gasteiger partial charge < -0.3 is 25.8 Å². The van der Waals surface area contributed by atoms with Crippen molar-refractivity contribution in [3.8, 4) is 0 Å². The van der Waals surface area contributed by atoms with Crippen LogP contribution < -0.4 is 11.1 Å². The molecular formula is C17H27N5O3. The number of nitrogens with two attached hydrogens (primary N) is 1. The van der Waals surface area contributed by atoms with Gasteiger partial charge in [0.15, 0.2) is 0 Å². The van der Waals surface area contributed by atoms with Gasteiger partial charge >= 0.3 is 0 Å². The number of rotatable bonds is 6. The molecule has 8 heteroatoms. The molecule has 1 saturated heterocycles. The lowest BCUT2D eigenvalue weighted by Gasteiger charge is -2.56. The SMILES string of the molecule is CCNc1ncc(C(=O)N2CCC3(CC2)[C@H](O)C[C@@H]3OCCN)cn1. The fourth-order valence-corrected chi connectivity index (χ4v) is 3.82. The molecule has 1 saturated carbocycles. The van der Waals surface area contributed by atoms with Crippen molar-refractivity contribution in [1.82, 2.24) is 14.9 Å². The van der Waals surface area contributed by atoms with Crippen molar-refractivity contribution in [2.75, 3.05) is 38.1 Å². The molecule has 1 aliphatic heterocycles. The molecule has 0 radical (unpaired) electrons. The van der Waals surface area contributed by atoms with E-state index in [1.54, 1.807) is 12.4 Å². The Bertz CT molecular complexity index is 586. The molecule has 2 heterocycles. The first-order valence-corrected chi connectivity index (χ1v) is 8.95. The minimum absolute atomic E-state index is 0.0473. The molecule has 1 amide bonds. The minimum atomic E-state index is -0.352. The molecule has 8 nitrogen and oxygen atoms in total. The maximum Gasteiger partial charge on any atom is 0.256 e. The monoisotopic (exact) mass is 349 g/mol. The summed E-state index contributed by atoms with van der Waals surface area (Å²) in [6.07, 6.45) is 4.96. The fourth-order valence-electron chi connectivity index (χ4n) is 3.82. The van der Waals surface area contributed by atoms with E-state index in [-0.39, 0.29) is 23.5 Å². The number of ether oxygens (including phenoxy) is 1. The summed E-state index contributed by atoms with van der Waals surface area (Å²) in [6, 6.07) is 0. The van der Waals surface area contributed by atoms with Gasteiger partial charge in [-0.2, -0.15) is 0 Å². The summed E-state index contributed by atoms with van der Waals surface area (Å²) in [6.45, 7) is 4.90. The van der Waals surface area contributed by atoms with E-state index >= 15 is 0 Å². The van der Waals surface area contributed by atoms with E-state index in [1.165, 1.54) is 0 Å². The Labute approximate surface area is 147 Å². The van der Waals surface area contributed by atoms with E-state index in [9.17, 15) is 9.90 Å². The predicted molar refractivity (Wildman–Crippen MR) is 93.2 cm³/mol. The average molecular weight is 349 g/mol. The summed E-state index contributed by atoms with van der Waals surface area (Å²) in [4.78, 5) is 22.8. The van der Waals surface area contributed by atoms with Crippen molar-refractivity contribution in [2.45, 2.75) is 38.4 Å². The molecule has 2 fully saturated rings. The summed E-state index contributed by atoms with van der Waals surface area (Å²) in [5.41, 5.74) is 5.77. The van der Waals surface area contributed by atoms with Crippen molar-refractivity contribution in [2.24, 2.45) is 11.1 Å². The predicted octanol–water partition coefficient (Wildman–Crippen LogP) is 0.239. The van der Waals surface area contributed by atoms with Crippen molar-refractivity contribution < 1.29 is 14.6 Å². The van der Waals surface area contributed by atoms with Crippen LogP contribution in [-0.2, 0) is 4.74 Å². The maximum absolute atomic E-state index is 12.6. The topological polar surface area (TPSA) is 114 Å². The zero-order chi connectivity index (χ0) is 17.9. The lowest BCUT2D eigenvalue weighted by molar-refractivity contribution is -0.207. The number of piperidine rings is 1. The van der Waals surface area contributed by atoms with Gasteiger partial charge in [0.05, 0.1) is 24.4 Å². The quantitative estimate of drug-likeness (QED) is 0.674. The van der Waals surface area contributed by atoms with E-state index in [4.69, 9.17) is 10.5 Å². The highest BCUT2D eigenvalue weighted by Crippen LogP contribution is 2.51. The molecule has 0 unspecified atom stereocenters. The summed E-state index contributed by atoms with van der Waals surface area (Å²) >= 11 is 0. The first kappa shape index (κ1) is 18.0. The van der Waals surface area contributed by atoms with Crippen LogP contribution in [0.4, 0.5) is 5.95 Å². The van der Waals surface area contributed by atoms with Crippen LogP contribution in [0, 0.1) is 5.41 Å². The number of amides is 1. The highest BCUT2D eigenvalue weighted by Gasteiger charge is 2.56. The molecule has 25 heavy (non-hydrogen) atoms. The molecule has 1 aromatic heterocycles. The van der Waals surface area contributed by atoms with Crippen molar-refractivity contribution in [3.05, 3.63) is 18.0 Å². The van der Waals surface area contributed by atoms with Gasteiger partial charge in [0.1, 0.15) is 0 Å². The van der Waals surface area contributed by atoms with E-state index in [0.717, 1.165) is 19.4 Å². The van der Waals surface area contributed by atoms with Crippen LogP contribution in [-0.4, -0.2) is 70.9 Å². The standard InChI is InChI=1S/C17H27N5O3/c1-2-19-16-20-10-12(11-21-16)15(24)22-6-3-17(4-7-22)13(23)9-14(17)25-8-5-18/h10-11,13-14,23H,2-9,18H2,1H3,(H,19,20,21)/t13-,14+/m1/s1. The van der Waals surface area contributed by atoms with Crippen molar-refractivity contribution in [3.63, 3.8) is 0 Å². The van der Waals surface area contributed by atoms with Crippen LogP contribution in [0.2, 0.25) is 0 Å². The molecule has 0 aromatic carbocycles. The Morgan fingerprint density at radius 3 is 2.68 bits per heavy atom. The molecule has 138 valence electrons. The summed E-state index contributed by atoms with van der Waals surface area (Å²) in [7, 11) is 0. The second kappa shape index (κ2) is 7.63. The Morgan fingerprint density at radius 1 is 1.44 bits per heavy atom. The molecule has 1 aliphatic carbocycles. The second-order valence-corrected chi connectivity index (χ2v) is 6.75. The first-order valence-electron chi connectivity index (χ1n) is 8.95. The van der Waals surface area contributed by atoms with Crippen LogP contribution >= 0.6 is 0 Å². The van der Waals surface area contributed by atoms with Crippen molar-refractivity contribution >= 4 is 11.9 Å². The van der Waals surface area contributed by atoms with E-state index in [2.05, 4.69) is 15.3 Å². The third kappa shape index (κ3) is 3.47. The number of nitrogens with zero attached hydrogens (tertiary/aromatic N) is 3. The number of aromatic nitrogens is 2. The van der Waals surface area contributed by atoms with Gasteiger partial charge in [-0.3, -0.25) is 4.79 Å². The average Bonchev–Trinajstić information content (AvgIpc) is 2.65. The zero-order valence-corrected chi connectivity index (χ0v) is 14.6. The molecule has 1 aromatic rings. The third-order valence-corrected chi connectivity index (χ3v) is 5.39. The number of carbonyl (C=O) groups excluding carboxylic acids is 1. The normalized spacial score (nSPS) is 24.8. The second-order valence-electron chi connectivity index (χ2n) is 6.75. The maximum atomic E-state index is 12.6. The van der Waals surface area contributed by atoms with E-state index < -0.39 is 0 Å². The number of hydrogen-bond donors (Lipinski definition) is 3. The summed E-state index contributed by atoms with van der Waals surface area (Å²) in [5, 5.41) is 13.3. The number of aliphatic hydroxyl groups excluding tert-OH is 1. The third-order valence-electron chi connectivity index (χ3n) is 5.39. The molecule has 4 N–H and O–H groups in total. The first-order chi connectivity index (χ1) is 12.1. The van der Waals surface area contributed by atoms with Crippen molar-refractivity contribution in [1.29, 1.82) is 0 Å². The summed E-state index contributed by atoms with van der Waals surface area (Å²) < 4.78 is 5.79. The van der Waals surface area contributed by atoms with Crippen LogP contribution in [0.1, 0.15) is 36.5 Å². The Kier molecular flexibility index (Phi) is 5.51. The molecule has 0 bridgehead atoms. The van der Waals surface area contributed by atoms with E-state index in [1.807, 2.05) is 11.8 Å². The van der Waals surface area contributed by atoms with Gasteiger partial charge in [-0.15, -0.1) is 0 Å². The molecule has 3 rings (SSSR count). The number of carbonyl (C=O) groups is 1. The van der Waals surface area contributed by atoms with Gasteiger partial charge in [-0.1, -0.05) is 0 Å². The highest BCUT2D eigenvalue weighted by molar-refractivity contribution is 5.93. The fraction of sp³-hybridized carbons (Fsp3) is 0.706. The Morgan fingerprint density at radius 2 is 2.12 bits per heavy atom. The molecular weight excluding hydrogens is 322 g/mol. The molecule has 2 atom stereocenters. The van der Waals surface area contributed by atoms with Gasteiger partial charge in [-0.25, -0.2) is 9.97 Å².